The van der Waals surface area contributed by atoms with E-state index in [-0.39, 0.29) is 5.91 Å². The van der Waals surface area contributed by atoms with Gasteiger partial charge < -0.3 is 9.47 Å². The first-order valence-corrected chi connectivity index (χ1v) is 9.34. The summed E-state index contributed by atoms with van der Waals surface area (Å²) in [7, 11) is 0. The highest BCUT2D eigenvalue weighted by atomic mass is 16.2. The van der Waals surface area contributed by atoms with Gasteiger partial charge in [0, 0.05) is 56.4 Å². The molecule has 1 aromatic heterocycles. The van der Waals surface area contributed by atoms with Crippen molar-refractivity contribution in [1.82, 2.24) is 19.4 Å². The van der Waals surface area contributed by atoms with Crippen molar-refractivity contribution in [2.45, 2.75) is 13.5 Å². The average Bonchev–Trinajstić information content (AvgIpc) is 3.23. The Morgan fingerprint density at radius 3 is 2.48 bits per heavy atom. The third-order valence-electron chi connectivity index (χ3n) is 5.06. The molecule has 1 aliphatic rings. The van der Waals surface area contributed by atoms with Crippen molar-refractivity contribution in [2.24, 2.45) is 0 Å². The maximum absolute atomic E-state index is 12.8. The average molecular weight is 360 g/mol. The molecular weight excluding hydrogens is 336 g/mol. The number of piperazine rings is 1. The number of nitrogens with zero attached hydrogens (tertiary/aromatic N) is 4. The lowest BCUT2D eigenvalue weighted by molar-refractivity contribution is 0.0628. The third-order valence-corrected chi connectivity index (χ3v) is 5.06. The number of rotatable bonds is 4. The third kappa shape index (κ3) is 4.09. The molecule has 0 atom stereocenters. The van der Waals surface area contributed by atoms with Crippen LogP contribution in [-0.4, -0.2) is 51.4 Å². The largest absolute Gasteiger partial charge is 0.336 e. The Labute approximate surface area is 159 Å². The second kappa shape index (κ2) is 7.76. The molecule has 0 bridgehead atoms. The topological polar surface area (TPSA) is 41.4 Å². The summed E-state index contributed by atoms with van der Waals surface area (Å²) in [5, 5.41) is 0. The zero-order chi connectivity index (χ0) is 18.6. The van der Waals surface area contributed by atoms with Gasteiger partial charge in [0.2, 0.25) is 0 Å². The van der Waals surface area contributed by atoms with Crippen LogP contribution in [0.4, 0.5) is 0 Å². The summed E-state index contributed by atoms with van der Waals surface area (Å²) >= 11 is 0. The van der Waals surface area contributed by atoms with Crippen LogP contribution < -0.4 is 0 Å². The first-order valence-electron chi connectivity index (χ1n) is 9.34. The lowest BCUT2D eigenvalue weighted by atomic mass is 10.1. The van der Waals surface area contributed by atoms with E-state index in [1.54, 1.807) is 12.5 Å². The standard InChI is InChI=1S/C22H24N4O/c1-18-3-2-4-19(15-18)16-24-11-13-25(14-12-24)22(27)20-5-7-21(8-6-20)26-10-9-23-17-26/h2-10,15,17H,11-14,16H2,1H3. The van der Waals surface area contributed by atoms with Gasteiger partial charge in [-0.3, -0.25) is 9.69 Å². The highest BCUT2D eigenvalue weighted by Crippen LogP contribution is 2.14. The Bertz CT molecular complexity index is 894. The van der Waals surface area contributed by atoms with Gasteiger partial charge in [-0.2, -0.15) is 0 Å². The predicted molar refractivity (Wildman–Crippen MR) is 106 cm³/mol. The number of imidazole rings is 1. The van der Waals surface area contributed by atoms with E-state index in [1.807, 2.05) is 39.9 Å². The molecule has 0 unspecified atom stereocenters. The number of amides is 1. The van der Waals surface area contributed by atoms with Crippen molar-refractivity contribution in [1.29, 1.82) is 0 Å². The molecule has 138 valence electrons. The van der Waals surface area contributed by atoms with Gasteiger partial charge in [0.25, 0.3) is 5.91 Å². The van der Waals surface area contributed by atoms with Gasteiger partial charge in [-0.15, -0.1) is 0 Å². The smallest absolute Gasteiger partial charge is 0.253 e. The van der Waals surface area contributed by atoms with E-state index in [1.165, 1.54) is 11.1 Å². The fourth-order valence-electron chi connectivity index (χ4n) is 3.55. The predicted octanol–water partition coefficient (Wildman–Crippen LogP) is 3.14. The Balaban J connectivity index is 1.34. The molecule has 0 saturated carbocycles. The van der Waals surface area contributed by atoms with Gasteiger partial charge in [-0.05, 0) is 36.8 Å². The molecule has 4 rings (SSSR count). The monoisotopic (exact) mass is 360 g/mol. The summed E-state index contributed by atoms with van der Waals surface area (Å²) < 4.78 is 1.93. The van der Waals surface area contributed by atoms with Crippen LogP contribution in [0.1, 0.15) is 21.5 Å². The summed E-state index contributed by atoms with van der Waals surface area (Å²) in [6, 6.07) is 16.4. The van der Waals surface area contributed by atoms with Crippen LogP contribution >= 0.6 is 0 Å². The Morgan fingerprint density at radius 2 is 1.81 bits per heavy atom. The molecule has 0 radical (unpaired) electrons. The Morgan fingerprint density at radius 1 is 1.04 bits per heavy atom. The van der Waals surface area contributed by atoms with Crippen molar-refractivity contribution >= 4 is 5.91 Å². The molecule has 5 nitrogen and oxygen atoms in total. The molecule has 0 N–H and O–H groups in total. The van der Waals surface area contributed by atoms with E-state index < -0.39 is 0 Å². The molecule has 0 spiro atoms. The van der Waals surface area contributed by atoms with E-state index in [2.05, 4.69) is 41.1 Å². The van der Waals surface area contributed by atoms with Gasteiger partial charge >= 0.3 is 0 Å². The molecule has 1 aliphatic heterocycles. The minimum atomic E-state index is 0.113. The minimum Gasteiger partial charge on any atom is -0.336 e. The summed E-state index contributed by atoms with van der Waals surface area (Å²) in [5.41, 5.74) is 4.38. The van der Waals surface area contributed by atoms with Gasteiger partial charge in [0.15, 0.2) is 0 Å². The van der Waals surface area contributed by atoms with Crippen LogP contribution in [0.25, 0.3) is 5.69 Å². The molecule has 3 aromatic rings. The first-order chi connectivity index (χ1) is 13.2. The number of aryl methyl sites for hydroxylation is 1. The zero-order valence-corrected chi connectivity index (χ0v) is 15.6. The highest BCUT2D eigenvalue weighted by Gasteiger charge is 2.22. The lowest BCUT2D eigenvalue weighted by Gasteiger charge is -2.34. The second-order valence-corrected chi connectivity index (χ2v) is 7.07. The van der Waals surface area contributed by atoms with Gasteiger partial charge in [0.05, 0.1) is 6.33 Å². The molecule has 1 amide bonds. The van der Waals surface area contributed by atoms with E-state index >= 15 is 0 Å². The lowest BCUT2D eigenvalue weighted by Crippen LogP contribution is -2.48. The molecule has 1 fully saturated rings. The van der Waals surface area contributed by atoms with Crippen LogP contribution in [0.5, 0.6) is 0 Å². The van der Waals surface area contributed by atoms with Crippen molar-refractivity contribution in [3.63, 3.8) is 0 Å². The molecule has 1 saturated heterocycles. The van der Waals surface area contributed by atoms with E-state index in [4.69, 9.17) is 0 Å². The SMILES string of the molecule is Cc1cccc(CN2CCN(C(=O)c3ccc(-n4ccnc4)cc3)CC2)c1. The van der Waals surface area contributed by atoms with E-state index in [9.17, 15) is 4.79 Å². The maximum Gasteiger partial charge on any atom is 0.253 e. The quantitative estimate of drug-likeness (QED) is 0.718. The summed E-state index contributed by atoms with van der Waals surface area (Å²) in [4.78, 5) is 21.2. The van der Waals surface area contributed by atoms with Crippen molar-refractivity contribution in [3.05, 3.63) is 83.9 Å². The van der Waals surface area contributed by atoms with Crippen LogP contribution in [0, 0.1) is 6.92 Å². The number of benzene rings is 2. The van der Waals surface area contributed by atoms with Gasteiger partial charge in [0.1, 0.15) is 0 Å². The molecule has 5 heteroatoms. The van der Waals surface area contributed by atoms with Crippen LogP contribution in [-0.2, 0) is 6.54 Å². The molecule has 27 heavy (non-hydrogen) atoms. The van der Waals surface area contributed by atoms with Crippen molar-refractivity contribution < 1.29 is 4.79 Å². The van der Waals surface area contributed by atoms with Crippen LogP contribution in [0.3, 0.4) is 0 Å². The normalized spacial score (nSPS) is 15.1. The number of hydrogen-bond acceptors (Lipinski definition) is 3. The summed E-state index contributed by atoms with van der Waals surface area (Å²) in [6.45, 7) is 6.43. The number of hydrogen-bond donors (Lipinski definition) is 0. The van der Waals surface area contributed by atoms with Crippen molar-refractivity contribution in [3.8, 4) is 5.69 Å². The van der Waals surface area contributed by atoms with Crippen LogP contribution in [0.2, 0.25) is 0 Å². The Kier molecular flexibility index (Phi) is 5.03. The van der Waals surface area contributed by atoms with E-state index in [0.717, 1.165) is 44.0 Å². The maximum atomic E-state index is 12.8. The van der Waals surface area contributed by atoms with Gasteiger partial charge in [-0.1, -0.05) is 29.8 Å². The Hall–Kier alpha value is -2.92. The zero-order valence-electron chi connectivity index (χ0n) is 15.6. The minimum absolute atomic E-state index is 0.113. The molecule has 2 aromatic carbocycles. The highest BCUT2D eigenvalue weighted by molar-refractivity contribution is 5.94. The first kappa shape index (κ1) is 17.5. The fourth-order valence-corrected chi connectivity index (χ4v) is 3.55. The van der Waals surface area contributed by atoms with Gasteiger partial charge in [-0.25, -0.2) is 4.98 Å². The fraction of sp³-hybridized carbons (Fsp3) is 0.273. The number of carbonyl (C=O) groups is 1. The van der Waals surface area contributed by atoms with Crippen LogP contribution in [0.15, 0.2) is 67.3 Å². The molecule has 0 aliphatic carbocycles. The molecular formula is C22H24N4O. The molecule has 2 heterocycles. The summed E-state index contributed by atoms with van der Waals surface area (Å²) in [5.74, 6) is 0.113. The summed E-state index contributed by atoms with van der Waals surface area (Å²) in [6.07, 6.45) is 5.39. The van der Waals surface area contributed by atoms with E-state index in [0.29, 0.717) is 0 Å². The number of aromatic nitrogens is 2. The van der Waals surface area contributed by atoms with Crippen molar-refractivity contribution in [2.75, 3.05) is 26.2 Å². The number of carbonyl (C=O) groups excluding carboxylic acids is 1. The second-order valence-electron chi connectivity index (χ2n) is 7.07.